The zero-order valence-corrected chi connectivity index (χ0v) is 13.8. The average molecular weight is 272 g/mol. The van der Waals surface area contributed by atoms with Gasteiger partial charge in [-0.15, -0.1) is 0 Å². The van der Waals surface area contributed by atoms with Crippen LogP contribution < -0.4 is 0 Å². The van der Waals surface area contributed by atoms with Crippen LogP contribution >= 0.6 is 0 Å². The van der Waals surface area contributed by atoms with E-state index in [1.807, 2.05) is 5.57 Å². The third-order valence-electron chi connectivity index (χ3n) is 8.04. The van der Waals surface area contributed by atoms with E-state index in [-0.39, 0.29) is 0 Å². The summed E-state index contributed by atoms with van der Waals surface area (Å²) in [5.74, 6) is 4.00. The molecule has 4 aliphatic rings. The Kier molecular flexibility index (Phi) is 2.93. The van der Waals surface area contributed by atoms with Crippen molar-refractivity contribution in [2.45, 2.75) is 78.6 Å². The first-order valence-electron chi connectivity index (χ1n) is 9.24. The molecule has 20 heavy (non-hydrogen) atoms. The van der Waals surface area contributed by atoms with Crippen molar-refractivity contribution < 1.29 is 0 Å². The fourth-order valence-electron chi connectivity index (χ4n) is 7.44. The molecular weight excluding hydrogens is 240 g/mol. The van der Waals surface area contributed by atoms with Crippen molar-refractivity contribution in [2.75, 3.05) is 0 Å². The third kappa shape index (κ3) is 1.66. The molecule has 4 rings (SSSR count). The molecule has 0 heteroatoms. The van der Waals surface area contributed by atoms with Crippen LogP contribution in [0.4, 0.5) is 0 Å². The average Bonchev–Trinajstić information content (AvgIpc) is 2.78. The maximum absolute atomic E-state index is 2.71. The van der Waals surface area contributed by atoms with Gasteiger partial charge in [0.1, 0.15) is 0 Å². The Bertz CT molecular complexity index is 433. The Hall–Kier alpha value is -0.260. The Morgan fingerprint density at radius 2 is 1.95 bits per heavy atom. The van der Waals surface area contributed by atoms with Crippen LogP contribution in [-0.2, 0) is 0 Å². The van der Waals surface area contributed by atoms with E-state index in [1.54, 1.807) is 0 Å². The lowest BCUT2D eigenvalue weighted by atomic mass is 9.45. The van der Waals surface area contributed by atoms with Gasteiger partial charge in [0, 0.05) is 0 Å². The standard InChI is InChI=1S/C20H32/c1-14-13-19(2)11-6-8-17(19)16-10-9-15-7-4-5-12-20(15,3)18(14)16/h9,14,16-18H,4-8,10-13H2,1-3H3/t14-,16+,17+,18+,19+,20+/m1/s1. The molecule has 3 saturated carbocycles. The fraction of sp³-hybridized carbons (Fsp3) is 0.900. The predicted molar refractivity (Wildman–Crippen MR) is 85.5 cm³/mol. The van der Waals surface area contributed by atoms with E-state index in [0.29, 0.717) is 10.8 Å². The molecule has 3 fully saturated rings. The number of hydrogen-bond acceptors (Lipinski definition) is 0. The Balaban J connectivity index is 1.75. The van der Waals surface area contributed by atoms with Gasteiger partial charge < -0.3 is 0 Å². The highest BCUT2D eigenvalue weighted by Crippen LogP contribution is 2.66. The lowest BCUT2D eigenvalue weighted by Gasteiger charge is -2.59. The fourth-order valence-corrected chi connectivity index (χ4v) is 7.44. The molecular formula is C20H32. The highest BCUT2D eigenvalue weighted by molar-refractivity contribution is 5.24. The molecule has 0 aromatic carbocycles. The lowest BCUT2D eigenvalue weighted by molar-refractivity contribution is -0.0621. The van der Waals surface area contributed by atoms with Crippen molar-refractivity contribution in [1.29, 1.82) is 0 Å². The molecule has 0 heterocycles. The highest BCUT2D eigenvalue weighted by atomic mass is 14.6. The molecule has 0 spiro atoms. The first kappa shape index (κ1) is 13.4. The van der Waals surface area contributed by atoms with Crippen LogP contribution in [0.3, 0.4) is 0 Å². The van der Waals surface area contributed by atoms with Crippen molar-refractivity contribution in [1.82, 2.24) is 0 Å². The minimum Gasteiger partial charge on any atom is -0.0845 e. The second kappa shape index (κ2) is 4.37. The summed E-state index contributed by atoms with van der Waals surface area (Å²) in [5, 5.41) is 0. The minimum absolute atomic E-state index is 0.574. The quantitative estimate of drug-likeness (QED) is 0.476. The van der Waals surface area contributed by atoms with E-state index < -0.39 is 0 Å². The maximum Gasteiger partial charge on any atom is -0.00827 e. The van der Waals surface area contributed by atoms with E-state index in [0.717, 1.165) is 23.7 Å². The third-order valence-corrected chi connectivity index (χ3v) is 8.04. The Morgan fingerprint density at radius 1 is 1.10 bits per heavy atom. The maximum atomic E-state index is 2.71. The molecule has 0 nitrogen and oxygen atoms in total. The summed E-state index contributed by atoms with van der Waals surface area (Å²) in [7, 11) is 0. The molecule has 0 saturated heterocycles. The van der Waals surface area contributed by atoms with Crippen LogP contribution in [-0.4, -0.2) is 0 Å². The zero-order chi connectivity index (χ0) is 14.0. The van der Waals surface area contributed by atoms with Gasteiger partial charge in [-0.05, 0) is 79.4 Å². The molecule has 6 atom stereocenters. The van der Waals surface area contributed by atoms with Crippen LogP contribution in [0.1, 0.15) is 78.6 Å². The molecule has 112 valence electrons. The van der Waals surface area contributed by atoms with Crippen LogP contribution in [0.2, 0.25) is 0 Å². The molecule has 0 aromatic rings. The second-order valence-corrected chi connectivity index (χ2v) is 9.11. The van der Waals surface area contributed by atoms with Crippen LogP contribution in [0.15, 0.2) is 11.6 Å². The van der Waals surface area contributed by atoms with Crippen molar-refractivity contribution in [3.63, 3.8) is 0 Å². The zero-order valence-electron chi connectivity index (χ0n) is 13.8. The van der Waals surface area contributed by atoms with Crippen molar-refractivity contribution in [2.24, 2.45) is 34.5 Å². The van der Waals surface area contributed by atoms with Gasteiger partial charge in [-0.25, -0.2) is 0 Å². The second-order valence-electron chi connectivity index (χ2n) is 9.11. The molecule has 0 N–H and O–H groups in total. The van der Waals surface area contributed by atoms with Crippen LogP contribution in [0, 0.1) is 34.5 Å². The van der Waals surface area contributed by atoms with Gasteiger partial charge in [0.2, 0.25) is 0 Å². The molecule has 0 unspecified atom stereocenters. The van der Waals surface area contributed by atoms with Gasteiger partial charge in [0.15, 0.2) is 0 Å². The molecule has 0 radical (unpaired) electrons. The SMILES string of the molecule is C[C@@H]1C[C@]2(C)CCC[C@H]2[C@@H]2CC=C3CCCC[C@]3(C)[C@H]21. The number of hydrogen-bond donors (Lipinski definition) is 0. The smallest absolute Gasteiger partial charge is 0.00827 e. The highest BCUT2D eigenvalue weighted by Gasteiger charge is 2.57. The molecule has 0 bridgehead atoms. The molecule has 4 aliphatic carbocycles. The molecule has 0 aromatic heterocycles. The normalized spacial score (nSPS) is 54.6. The molecule has 0 amide bonds. The Labute approximate surface area is 125 Å². The van der Waals surface area contributed by atoms with Gasteiger partial charge in [-0.3, -0.25) is 0 Å². The minimum atomic E-state index is 0.574. The predicted octanol–water partition coefficient (Wildman–Crippen LogP) is 5.98. The van der Waals surface area contributed by atoms with Crippen molar-refractivity contribution in [3.8, 4) is 0 Å². The summed E-state index contributed by atoms with van der Waals surface area (Å²) in [6.07, 6.45) is 16.0. The molecule has 0 aliphatic heterocycles. The summed E-state index contributed by atoms with van der Waals surface area (Å²) < 4.78 is 0. The van der Waals surface area contributed by atoms with E-state index in [1.165, 1.54) is 57.8 Å². The topological polar surface area (TPSA) is 0 Å². The van der Waals surface area contributed by atoms with Gasteiger partial charge >= 0.3 is 0 Å². The van der Waals surface area contributed by atoms with E-state index in [9.17, 15) is 0 Å². The lowest BCUT2D eigenvalue weighted by Crippen LogP contribution is -2.51. The summed E-state index contributed by atoms with van der Waals surface area (Å²) in [6.45, 7) is 7.86. The van der Waals surface area contributed by atoms with E-state index in [4.69, 9.17) is 0 Å². The van der Waals surface area contributed by atoms with E-state index >= 15 is 0 Å². The first-order chi connectivity index (χ1) is 9.55. The van der Waals surface area contributed by atoms with E-state index in [2.05, 4.69) is 26.8 Å². The summed E-state index contributed by atoms with van der Waals surface area (Å²) >= 11 is 0. The Morgan fingerprint density at radius 3 is 2.80 bits per heavy atom. The number of allylic oxidation sites excluding steroid dienone is 2. The number of rotatable bonds is 0. The van der Waals surface area contributed by atoms with Gasteiger partial charge in [-0.2, -0.15) is 0 Å². The monoisotopic (exact) mass is 272 g/mol. The summed E-state index contributed by atoms with van der Waals surface area (Å²) in [5.41, 5.74) is 3.13. The largest absolute Gasteiger partial charge is 0.0845 e. The van der Waals surface area contributed by atoms with Crippen molar-refractivity contribution >= 4 is 0 Å². The van der Waals surface area contributed by atoms with Gasteiger partial charge in [0.05, 0.1) is 0 Å². The summed E-state index contributed by atoms with van der Waals surface area (Å²) in [4.78, 5) is 0. The van der Waals surface area contributed by atoms with Gasteiger partial charge in [-0.1, -0.05) is 45.3 Å². The number of fused-ring (bicyclic) bond motifs is 5. The van der Waals surface area contributed by atoms with Crippen molar-refractivity contribution in [3.05, 3.63) is 11.6 Å². The van der Waals surface area contributed by atoms with Gasteiger partial charge in [0.25, 0.3) is 0 Å². The van der Waals surface area contributed by atoms with Crippen LogP contribution in [0.5, 0.6) is 0 Å². The first-order valence-corrected chi connectivity index (χ1v) is 9.24. The summed E-state index contributed by atoms with van der Waals surface area (Å²) in [6, 6.07) is 0. The van der Waals surface area contributed by atoms with Crippen LogP contribution in [0.25, 0.3) is 0 Å².